The maximum Gasteiger partial charge on any atom is 0.0880 e. The first-order chi connectivity index (χ1) is 6.06. The topological polar surface area (TPSA) is 29.5 Å². The maximum atomic E-state index is 10.1. The molecule has 0 aliphatic heterocycles. The zero-order valence-electron chi connectivity index (χ0n) is 9.05. The van der Waals surface area contributed by atoms with Crippen LogP contribution in [0.1, 0.15) is 39.5 Å². The van der Waals surface area contributed by atoms with E-state index in [1.54, 1.807) is 7.11 Å². The summed E-state index contributed by atoms with van der Waals surface area (Å²) in [5.41, 5.74) is -0.622. The molecule has 0 bridgehead atoms. The smallest absolute Gasteiger partial charge is 0.0880 e. The average molecular weight is 186 g/mol. The van der Waals surface area contributed by atoms with E-state index in [-0.39, 0.29) is 0 Å². The lowest BCUT2D eigenvalue weighted by Gasteiger charge is -2.37. The van der Waals surface area contributed by atoms with Crippen molar-refractivity contribution in [2.45, 2.75) is 45.1 Å². The van der Waals surface area contributed by atoms with Crippen LogP contribution in [0.3, 0.4) is 0 Å². The summed E-state index contributed by atoms with van der Waals surface area (Å²) < 4.78 is 5.05. The molecule has 0 saturated heterocycles. The van der Waals surface area contributed by atoms with Crippen molar-refractivity contribution in [3.63, 3.8) is 0 Å². The first kappa shape index (κ1) is 11.0. The van der Waals surface area contributed by atoms with Crippen molar-refractivity contribution in [1.82, 2.24) is 0 Å². The number of hydrogen-bond acceptors (Lipinski definition) is 2. The van der Waals surface area contributed by atoms with Crippen molar-refractivity contribution in [3.05, 3.63) is 0 Å². The zero-order valence-corrected chi connectivity index (χ0v) is 9.05. The van der Waals surface area contributed by atoms with Gasteiger partial charge in [0, 0.05) is 7.11 Å². The molecular weight excluding hydrogens is 164 g/mol. The first-order valence-corrected chi connectivity index (χ1v) is 5.27. The van der Waals surface area contributed by atoms with Gasteiger partial charge in [-0.05, 0) is 31.6 Å². The molecule has 3 atom stereocenters. The highest BCUT2D eigenvalue weighted by atomic mass is 16.5. The molecule has 0 spiro atoms. The molecule has 2 heteroatoms. The molecule has 13 heavy (non-hydrogen) atoms. The lowest BCUT2D eigenvalue weighted by molar-refractivity contribution is -0.0747. The first-order valence-electron chi connectivity index (χ1n) is 5.27. The van der Waals surface area contributed by atoms with E-state index in [1.807, 2.05) is 6.92 Å². The SMILES string of the molecule is COCC(C)(O)C1CCCC(C)C1. The minimum absolute atomic E-state index is 0.427. The van der Waals surface area contributed by atoms with Crippen LogP contribution < -0.4 is 0 Å². The minimum atomic E-state index is -0.622. The third kappa shape index (κ3) is 2.96. The number of ether oxygens (including phenoxy) is 1. The van der Waals surface area contributed by atoms with Crippen LogP contribution >= 0.6 is 0 Å². The van der Waals surface area contributed by atoms with Crippen molar-refractivity contribution >= 4 is 0 Å². The van der Waals surface area contributed by atoms with Gasteiger partial charge in [0.25, 0.3) is 0 Å². The molecule has 0 heterocycles. The Morgan fingerprint density at radius 1 is 1.46 bits per heavy atom. The zero-order chi connectivity index (χ0) is 9.90. The van der Waals surface area contributed by atoms with Crippen molar-refractivity contribution in [3.8, 4) is 0 Å². The summed E-state index contributed by atoms with van der Waals surface area (Å²) >= 11 is 0. The Kier molecular flexibility index (Phi) is 3.74. The molecule has 1 aliphatic rings. The largest absolute Gasteiger partial charge is 0.387 e. The second-order valence-corrected chi connectivity index (χ2v) is 4.76. The molecule has 78 valence electrons. The van der Waals surface area contributed by atoms with Gasteiger partial charge in [0.15, 0.2) is 0 Å². The summed E-state index contributed by atoms with van der Waals surface area (Å²) in [6, 6.07) is 0. The third-order valence-electron chi connectivity index (χ3n) is 3.25. The van der Waals surface area contributed by atoms with Gasteiger partial charge in [-0.25, -0.2) is 0 Å². The van der Waals surface area contributed by atoms with Gasteiger partial charge in [-0.1, -0.05) is 19.8 Å². The fraction of sp³-hybridized carbons (Fsp3) is 1.00. The Labute approximate surface area is 81.3 Å². The summed E-state index contributed by atoms with van der Waals surface area (Å²) in [6.45, 7) is 4.64. The molecular formula is C11H22O2. The van der Waals surface area contributed by atoms with Crippen molar-refractivity contribution in [2.75, 3.05) is 13.7 Å². The second-order valence-electron chi connectivity index (χ2n) is 4.76. The Morgan fingerprint density at radius 2 is 2.15 bits per heavy atom. The van der Waals surface area contributed by atoms with E-state index in [2.05, 4.69) is 6.92 Å². The van der Waals surface area contributed by atoms with Crippen LogP contribution in [0.15, 0.2) is 0 Å². The van der Waals surface area contributed by atoms with Crippen LogP contribution in [0.5, 0.6) is 0 Å². The van der Waals surface area contributed by atoms with Gasteiger partial charge < -0.3 is 9.84 Å². The second kappa shape index (κ2) is 4.43. The van der Waals surface area contributed by atoms with Gasteiger partial charge in [-0.2, -0.15) is 0 Å². The molecule has 1 saturated carbocycles. The van der Waals surface area contributed by atoms with Gasteiger partial charge in [-0.3, -0.25) is 0 Å². The summed E-state index contributed by atoms with van der Waals surface area (Å²) in [5, 5.41) is 10.1. The predicted molar refractivity (Wildman–Crippen MR) is 53.6 cm³/mol. The minimum Gasteiger partial charge on any atom is -0.387 e. The molecule has 3 unspecified atom stereocenters. The highest BCUT2D eigenvalue weighted by molar-refractivity contribution is 4.85. The van der Waals surface area contributed by atoms with E-state index in [1.165, 1.54) is 12.8 Å². The molecule has 0 aromatic heterocycles. The van der Waals surface area contributed by atoms with Crippen LogP contribution in [0.4, 0.5) is 0 Å². The van der Waals surface area contributed by atoms with Gasteiger partial charge in [0.2, 0.25) is 0 Å². The van der Waals surface area contributed by atoms with E-state index in [0.29, 0.717) is 12.5 Å². The van der Waals surface area contributed by atoms with Crippen molar-refractivity contribution < 1.29 is 9.84 Å². The Morgan fingerprint density at radius 3 is 2.69 bits per heavy atom. The fourth-order valence-corrected chi connectivity index (χ4v) is 2.41. The van der Waals surface area contributed by atoms with Crippen molar-refractivity contribution in [1.29, 1.82) is 0 Å². The van der Waals surface area contributed by atoms with Crippen LogP contribution in [-0.2, 0) is 4.74 Å². The van der Waals surface area contributed by atoms with Crippen LogP contribution in [0.2, 0.25) is 0 Å². The maximum absolute atomic E-state index is 10.1. The molecule has 1 aliphatic carbocycles. The molecule has 0 aromatic rings. The van der Waals surface area contributed by atoms with Gasteiger partial charge >= 0.3 is 0 Å². The Hall–Kier alpha value is -0.0800. The molecule has 2 nitrogen and oxygen atoms in total. The highest BCUT2D eigenvalue weighted by Crippen LogP contribution is 2.35. The van der Waals surface area contributed by atoms with Crippen molar-refractivity contribution in [2.24, 2.45) is 11.8 Å². The Bertz CT molecular complexity index is 154. The van der Waals surface area contributed by atoms with Gasteiger partial charge in [0.1, 0.15) is 0 Å². The van der Waals surface area contributed by atoms with Gasteiger partial charge in [-0.15, -0.1) is 0 Å². The number of methoxy groups -OCH3 is 1. The molecule has 1 N–H and O–H groups in total. The predicted octanol–water partition coefficient (Wildman–Crippen LogP) is 2.21. The summed E-state index contributed by atoms with van der Waals surface area (Å²) in [6.07, 6.45) is 4.88. The number of rotatable bonds is 3. The van der Waals surface area contributed by atoms with Crippen LogP contribution in [0, 0.1) is 11.8 Å². The van der Waals surface area contributed by atoms with E-state index < -0.39 is 5.60 Å². The summed E-state index contributed by atoms with van der Waals surface area (Å²) in [7, 11) is 1.65. The highest BCUT2D eigenvalue weighted by Gasteiger charge is 2.34. The van der Waals surface area contributed by atoms with Crippen LogP contribution in [0.25, 0.3) is 0 Å². The third-order valence-corrected chi connectivity index (χ3v) is 3.25. The van der Waals surface area contributed by atoms with Gasteiger partial charge in [0.05, 0.1) is 12.2 Å². The lowest BCUT2D eigenvalue weighted by Crippen LogP contribution is -2.41. The summed E-state index contributed by atoms with van der Waals surface area (Å²) in [4.78, 5) is 0. The normalized spacial score (nSPS) is 34.2. The monoisotopic (exact) mass is 186 g/mol. The molecule has 1 rings (SSSR count). The lowest BCUT2D eigenvalue weighted by atomic mass is 9.74. The Balaban J connectivity index is 2.48. The van der Waals surface area contributed by atoms with E-state index in [9.17, 15) is 5.11 Å². The van der Waals surface area contributed by atoms with E-state index >= 15 is 0 Å². The fourth-order valence-electron chi connectivity index (χ4n) is 2.41. The van der Waals surface area contributed by atoms with E-state index in [0.717, 1.165) is 18.8 Å². The molecule has 0 radical (unpaired) electrons. The van der Waals surface area contributed by atoms with Crippen LogP contribution in [-0.4, -0.2) is 24.4 Å². The number of aliphatic hydroxyl groups is 1. The quantitative estimate of drug-likeness (QED) is 0.732. The van der Waals surface area contributed by atoms with E-state index in [4.69, 9.17) is 4.74 Å². The number of hydrogen-bond donors (Lipinski definition) is 1. The summed E-state index contributed by atoms with van der Waals surface area (Å²) in [5.74, 6) is 1.19. The molecule has 0 aromatic carbocycles. The molecule has 1 fully saturated rings. The standard InChI is InChI=1S/C11H22O2/c1-9-5-4-6-10(7-9)11(2,12)8-13-3/h9-10,12H,4-8H2,1-3H3. The average Bonchev–Trinajstić information content (AvgIpc) is 2.04. The molecule has 0 amide bonds.